The van der Waals surface area contributed by atoms with Crippen LogP contribution in [0, 0.1) is 57.2 Å². The van der Waals surface area contributed by atoms with Gasteiger partial charge in [-0.25, -0.2) is 0 Å². The predicted molar refractivity (Wildman–Crippen MR) is 77.8 cm³/mol. The first-order valence-electron chi connectivity index (χ1n) is 6.47. The first-order chi connectivity index (χ1) is 10.7. The van der Waals surface area contributed by atoms with E-state index >= 15 is 0 Å². The summed E-state index contributed by atoms with van der Waals surface area (Å²) >= 11 is 0. The van der Waals surface area contributed by atoms with Crippen LogP contribution in [-0.2, 0) is 0 Å². The Hall–Kier alpha value is -3.54. The van der Waals surface area contributed by atoms with Crippen LogP contribution >= 0.6 is 0 Å². The summed E-state index contributed by atoms with van der Waals surface area (Å²) in [6.07, 6.45) is 0. The van der Waals surface area contributed by atoms with E-state index < -0.39 is 17.8 Å². The van der Waals surface area contributed by atoms with E-state index in [0.717, 1.165) is 5.39 Å². The van der Waals surface area contributed by atoms with Crippen molar-refractivity contribution in [2.75, 3.05) is 0 Å². The number of phenolic OH excluding ortho intramolecular Hbond substituents is 1. The SMILES string of the molecule is N#CC(C#N)C(c1c(O)ccc2ccccc12)C(C#N)C#N. The topological polar surface area (TPSA) is 115 Å². The number of fused-ring (bicyclic) bond motifs is 1. The van der Waals surface area contributed by atoms with Crippen molar-refractivity contribution in [2.24, 2.45) is 11.8 Å². The number of hydrogen-bond acceptors (Lipinski definition) is 5. The number of phenols is 1. The first-order valence-corrected chi connectivity index (χ1v) is 6.47. The van der Waals surface area contributed by atoms with Crippen LogP contribution in [0.2, 0.25) is 0 Å². The average Bonchev–Trinajstić information content (AvgIpc) is 2.56. The summed E-state index contributed by atoms with van der Waals surface area (Å²) in [5, 5.41) is 48.4. The van der Waals surface area contributed by atoms with Crippen molar-refractivity contribution in [3.05, 3.63) is 42.0 Å². The van der Waals surface area contributed by atoms with Gasteiger partial charge in [-0.15, -0.1) is 0 Å². The normalized spacial score (nSPS) is 10.1. The molecule has 0 aliphatic rings. The van der Waals surface area contributed by atoms with Gasteiger partial charge in [-0.2, -0.15) is 21.0 Å². The van der Waals surface area contributed by atoms with Crippen molar-refractivity contribution in [1.29, 1.82) is 21.0 Å². The molecule has 2 aromatic carbocycles. The van der Waals surface area contributed by atoms with Gasteiger partial charge in [0.15, 0.2) is 0 Å². The van der Waals surface area contributed by atoms with Crippen molar-refractivity contribution in [1.82, 2.24) is 0 Å². The predicted octanol–water partition coefficient (Wildman–Crippen LogP) is 2.96. The van der Waals surface area contributed by atoms with Gasteiger partial charge in [0.05, 0.1) is 24.3 Å². The third-order valence-electron chi connectivity index (χ3n) is 3.56. The van der Waals surface area contributed by atoms with Crippen LogP contribution in [0.5, 0.6) is 5.75 Å². The Morgan fingerprint density at radius 2 is 1.32 bits per heavy atom. The molecule has 22 heavy (non-hydrogen) atoms. The largest absolute Gasteiger partial charge is 0.508 e. The number of nitriles is 4. The van der Waals surface area contributed by atoms with Crippen LogP contribution < -0.4 is 0 Å². The Kier molecular flexibility index (Phi) is 4.24. The van der Waals surface area contributed by atoms with Crippen LogP contribution in [0.1, 0.15) is 11.5 Å². The molecule has 0 aliphatic heterocycles. The lowest BCUT2D eigenvalue weighted by Gasteiger charge is -2.21. The molecule has 5 nitrogen and oxygen atoms in total. The molecule has 0 saturated heterocycles. The van der Waals surface area contributed by atoms with E-state index in [1.165, 1.54) is 6.07 Å². The summed E-state index contributed by atoms with van der Waals surface area (Å²) < 4.78 is 0. The highest BCUT2D eigenvalue weighted by Gasteiger charge is 2.34. The highest BCUT2D eigenvalue weighted by Crippen LogP contribution is 2.41. The van der Waals surface area contributed by atoms with Gasteiger partial charge in [0.25, 0.3) is 0 Å². The molecule has 0 saturated carbocycles. The lowest BCUT2D eigenvalue weighted by molar-refractivity contribution is 0.448. The van der Waals surface area contributed by atoms with Gasteiger partial charge in [0, 0.05) is 11.5 Å². The Labute approximate surface area is 127 Å². The Morgan fingerprint density at radius 3 is 1.86 bits per heavy atom. The van der Waals surface area contributed by atoms with Crippen LogP contribution in [0.25, 0.3) is 10.8 Å². The standard InChI is InChI=1S/C17H10N4O/c18-7-12(8-19)16(13(9-20)10-21)17-14-4-2-1-3-11(14)5-6-15(17)22/h1-6,12-13,16,22H. The van der Waals surface area contributed by atoms with Crippen molar-refractivity contribution in [2.45, 2.75) is 5.92 Å². The maximum absolute atomic E-state index is 10.2. The highest BCUT2D eigenvalue weighted by atomic mass is 16.3. The molecule has 2 rings (SSSR count). The fourth-order valence-electron chi connectivity index (χ4n) is 2.54. The van der Waals surface area contributed by atoms with E-state index in [4.69, 9.17) is 0 Å². The summed E-state index contributed by atoms with van der Waals surface area (Å²) in [7, 11) is 0. The first kappa shape index (κ1) is 14.9. The molecule has 0 heterocycles. The Morgan fingerprint density at radius 1 is 0.773 bits per heavy atom. The molecule has 0 radical (unpaired) electrons. The van der Waals surface area contributed by atoms with Gasteiger partial charge >= 0.3 is 0 Å². The average molecular weight is 286 g/mol. The van der Waals surface area contributed by atoms with Crippen LogP contribution in [0.4, 0.5) is 0 Å². The second-order valence-electron chi connectivity index (χ2n) is 4.72. The minimum Gasteiger partial charge on any atom is -0.508 e. The summed E-state index contributed by atoms with van der Waals surface area (Å²) in [5.74, 6) is -3.55. The molecule has 0 bridgehead atoms. The zero-order valence-corrected chi connectivity index (χ0v) is 11.4. The zero-order valence-electron chi connectivity index (χ0n) is 11.4. The minimum atomic E-state index is -1.21. The van der Waals surface area contributed by atoms with Gasteiger partial charge in [-0.3, -0.25) is 0 Å². The molecule has 0 amide bonds. The summed E-state index contributed by atoms with van der Waals surface area (Å²) in [6.45, 7) is 0. The molecule has 5 heteroatoms. The number of nitrogens with zero attached hydrogens (tertiary/aromatic N) is 4. The van der Waals surface area contributed by atoms with Gasteiger partial charge in [-0.1, -0.05) is 30.3 Å². The van der Waals surface area contributed by atoms with Gasteiger partial charge in [0.2, 0.25) is 0 Å². The van der Waals surface area contributed by atoms with Crippen molar-refractivity contribution >= 4 is 10.8 Å². The van der Waals surface area contributed by atoms with Crippen molar-refractivity contribution in [3.63, 3.8) is 0 Å². The number of aromatic hydroxyl groups is 1. The molecular formula is C17H10N4O. The molecule has 104 valence electrons. The minimum absolute atomic E-state index is 0.130. The lowest BCUT2D eigenvalue weighted by Crippen LogP contribution is -2.18. The van der Waals surface area contributed by atoms with Crippen LogP contribution in [0.3, 0.4) is 0 Å². The van der Waals surface area contributed by atoms with Crippen molar-refractivity contribution in [3.8, 4) is 30.0 Å². The summed E-state index contributed by atoms with van der Waals surface area (Å²) in [5.41, 5.74) is 0.291. The van der Waals surface area contributed by atoms with Crippen molar-refractivity contribution < 1.29 is 5.11 Å². The molecular weight excluding hydrogens is 276 g/mol. The van der Waals surface area contributed by atoms with Gasteiger partial charge in [0.1, 0.15) is 17.6 Å². The zero-order chi connectivity index (χ0) is 16.1. The molecule has 0 aromatic heterocycles. The summed E-state index contributed by atoms with van der Waals surface area (Å²) in [4.78, 5) is 0. The Bertz CT molecular complexity index is 817. The smallest absolute Gasteiger partial charge is 0.142 e. The molecule has 0 fully saturated rings. The molecule has 0 spiro atoms. The van der Waals surface area contributed by atoms with E-state index in [2.05, 4.69) is 0 Å². The molecule has 1 N–H and O–H groups in total. The fourth-order valence-corrected chi connectivity index (χ4v) is 2.54. The van der Waals surface area contributed by atoms with E-state index in [9.17, 15) is 26.2 Å². The fraction of sp³-hybridized carbons (Fsp3) is 0.176. The highest BCUT2D eigenvalue weighted by molar-refractivity contribution is 5.88. The maximum atomic E-state index is 10.2. The monoisotopic (exact) mass is 286 g/mol. The number of benzene rings is 2. The van der Waals surface area contributed by atoms with Gasteiger partial charge in [-0.05, 0) is 16.8 Å². The lowest BCUT2D eigenvalue weighted by atomic mass is 9.77. The third kappa shape index (κ3) is 2.40. The third-order valence-corrected chi connectivity index (χ3v) is 3.56. The second kappa shape index (κ2) is 6.27. The number of rotatable bonds is 3. The molecule has 0 atom stereocenters. The van der Waals surface area contributed by atoms with Gasteiger partial charge < -0.3 is 5.11 Å². The molecule has 0 unspecified atom stereocenters. The molecule has 0 aliphatic carbocycles. The quantitative estimate of drug-likeness (QED) is 0.931. The summed E-state index contributed by atoms with van der Waals surface area (Å²) in [6, 6.07) is 17.5. The Balaban J connectivity index is 2.82. The molecule has 2 aromatic rings. The van der Waals surface area contributed by atoms with E-state index in [0.29, 0.717) is 10.9 Å². The van der Waals surface area contributed by atoms with Crippen LogP contribution in [0.15, 0.2) is 36.4 Å². The second-order valence-corrected chi connectivity index (χ2v) is 4.72. The maximum Gasteiger partial charge on any atom is 0.142 e. The van der Waals surface area contributed by atoms with E-state index in [-0.39, 0.29) is 5.75 Å². The number of hydrogen-bond donors (Lipinski definition) is 1. The van der Waals surface area contributed by atoms with E-state index in [1.54, 1.807) is 18.2 Å². The van der Waals surface area contributed by atoms with E-state index in [1.807, 2.05) is 36.4 Å². The van der Waals surface area contributed by atoms with Crippen LogP contribution in [-0.4, -0.2) is 5.11 Å².